The standard InChI is InChI=1S/C22H23ClN4O2S/c1-16-6-3-4-7-18(16)20-10-11-22(25-24-20)26-12-14-27(15-13-26)30(28,29)21-9-5-8-19(23)17(21)2/h3-11H,12-15H2,1-2H3. The molecule has 0 radical (unpaired) electrons. The molecule has 1 aromatic heterocycles. The van der Waals surface area contributed by atoms with Crippen LogP contribution in [0.25, 0.3) is 11.3 Å². The van der Waals surface area contributed by atoms with Crippen LogP contribution >= 0.6 is 11.6 Å². The normalized spacial score (nSPS) is 15.4. The Hall–Kier alpha value is -2.48. The molecule has 0 unspecified atom stereocenters. The van der Waals surface area contributed by atoms with Crippen LogP contribution in [0.3, 0.4) is 0 Å². The molecule has 1 aliphatic rings. The number of aryl methyl sites for hydroxylation is 1. The van der Waals surface area contributed by atoms with Crippen molar-refractivity contribution in [2.75, 3.05) is 31.1 Å². The average molecular weight is 443 g/mol. The van der Waals surface area contributed by atoms with Gasteiger partial charge in [0, 0.05) is 36.8 Å². The van der Waals surface area contributed by atoms with Crippen LogP contribution in [0.4, 0.5) is 5.82 Å². The number of sulfonamides is 1. The third-order valence-electron chi connectivity index (χ3n) is 5.47. The highest BCUT2D eigenvalue weighted by Crippen LogP contribution is 2.27. The Morgan fingerprint density at radius 1 is 0.867 bits per heavy atom. The monoisotopic (exact) mass is 442 g/mol. The molecule has 4 rings (SSSR count). The van der Waals surface area contributed by atoms with Gasteiger partial charge in [0.25, 0.3) is 0 Å². The maximum Gasteiger partial charge on any atom is 0.243 e. The first kappa shape index (κ1) is 20.8. The van der Waals surface area contributed by atoms with Gasteiger partial charge < -0.3 is 4.90 Å². The van der Waals surface area contributed by atoms with E-state index in [1.165, 1.54) is 4.31 Å². The first-order valence-corrected chi connectivity index (χ1v) is 11.6. The van der Waals surface area contributed by atoms with Crippen molar-refractivity contribution in [1.82, 2.24) is 14.5 Å². The second-order valence-electron chi connectivity index (χ2n) is 7.35. The van der Waals surface area contributed by atoms with Gasteiger partial charge in [-0.3, -0.25) is 0 Å². The molecule has 0 atom stereocenters. The van der Waals surface area contributed by atoms with E-state index >= 15 is 0 Å². The van der Waals surface area contributed by atoms with Crippen molar-refractivity contribution < 1.29 is 8.42 Å². The molecule has 156 valence electrons. The Morgan fingerprint density at radius 3 is 2.27 bits per heavy atom. The van der Waals surface area contributed by atoms with E-state index in [1.807, 2.05) is 43.3 Å². The molecule has 0 aliphatic carbocycles. The number of hydrogen-bond acceptors (Lipinski definition) is 5. The molecule has 0 spiro atoms. The summed E-state index contributed by atoms with van der Waals surface area (Å²) in [6, 6.07) is 16.9. The van der Waals surface area contributed by atoms with Gasteiger partial charge in [0.2, 0.25) is 10.0 Å². The van der Waals surface area contributed by atoms with Crippen LogP contribution in [0.5, 0.6) is 0 Å². The first-order chi connectivity index (χ1) is 14.4. The Balaban J connectivity index is 1.47. The van der Waals surface area contributed by atoms with Crippen LogP contribution in [0.1, 0.15) is 11.1 Å². The number of hydrogen-bond donors (Lipinski definition) is 0. The molecule has 1 aliphatic heterocycles. The lowest BCUT2D eigenvalue weighted by molar-refractivity contribution is 0.383. The third kappa shape index (κ3) is 3.93. The maximum atomic E-state index is 13.1. The fourth-order valence-electron chi connectivity index (χ4n) is 3.66. The number of piperazine rings is 1. The zero-order valence-corrected chi connectivity index (χ0v) is 18.5. The Labute approximate surface area is 182 Å². The van der Waals surface area contributed by atoms with E-state index in [0.717, 1.165) is 22.6 Å². The van der Waals surface area contributed by atoms with Crippen molar-refractivity contribution in [1.29, 1.82) is 0 Å². The second-order valence-corrected chi connectivity index (χ2v) is 9.66. The highest BCUT2D eigenvalue weighted by atomic mass is 35.5. The Kier molecular flexibility index (Phi) is 5.77. The molecule has 6 nitrogen and oxygen atoms in total. The molecule has 3 aromatic rings. The van der Waals surface area contributed by atoms with Crippen molar-refractivity contribution in [3.05, 3.63) is 70.7 Å². The zero-order chi connectivity index (χ0) is 21.3. The van der Waals surface area contributed by atoms with Gasteiger partial charge in [-0.2, -0.15) is 4.31 Å². The van der Waals surface area contributed by atoms with Gasteiger partial charge in [0.05, 0.1) is 10.6 Å². The highest BCUT2D eigenvalue weighted by molar-refractivity contribution is 7.89. The molecule has 0 saturated carbocycles. The van der Waals surface area contributed by atoms with Crippen LogP contribution in [0, 0.1) is 13.8 Å². The smallest absolute Gasteiger partial charge is 0.243 e. The van der Waals surface area contributed by atoms with Crippen molar-refractivity contribution >= 4 is 27.4 Å². The van der Waals surface area contributed by atoms with Gasteiger partial charge in [-0.15, -0.1) is 10.2 Å². The first-order valence-electron chi connectivity index (χ1n) is 9.78. The van der Waals surface area contributed by atoms with E-state index in [-0.39, 0.29) is 4.90 Å². The highest BCUT2D eigenvalue weighted by Gasteiger charge is 2.30. The molecule has 2 aromatic carbocycles. The largest absolute Gasteiger partial charge is 0.352 e. The molecule has 8 heteroatoms. The van der Waals surface area contributed by atoms with Gasteiger partial charge in [-0.05, 0) is 49.2 Å². The number of anilines is 1. The van der Waals surface area contributed by atoms with Gasteiger partial charge in [-0.25, -0.2) is 8.42 Å². The van der Waals surface area contributed by atoms with Gasteiger partial charge in [-0.1, -0.05) is 41.9 Å². The summed E-state index contributed by atoms with van der Waals surface area (Å²) in [5.74, 6) is 0.753. The summed E-state index contributed by atoms with van der Waals surface area (Å²) < 4.78 is 27.6. The number of benzene rings is 2. The van der Waals surface area contributed by atoms with Crippen LogP contribution in [-0.4, -0.2) is 49.1 Å². The van der Waals surface area contributed by atoms with E-state index in [9.17, 15) is 8.42 Å². The average Bonchev–Trinajstić information content (AvgIpc) is 2.76. The van der Waals surface area contributed by atoms with E-state index in [4.69, 9.17) is 11.6 Å². The van der Waals surface area contributed by atoms with Crippen molar-refractivity contribution in [3.63, 3.8) is 0 Å². The third-order valence-corrected chi connectivity index (χ3v) is 7.92. The molecule has 0 amide bonds. The van der Waals surface area contributed by atoms with E-state index in [0.29, 0.717) is 36.8 Å². The Bertz CT molecular complexity index is 1160. The molecule has 0 N–H and O–H groups in total. The predicted octanol–water partition coefficient (Wildman–Crippen LogP) is 3.92. The Morgan fingerprint density at radius 2 is 1.60 bits per heavy atom. The topological polar surface area (TPSA) is 66.4 Å². The van der Waals surface area contributed by atoms with Crippen LogP contribution in [0.15, 0.2) is 59.5 Å². The van der Waals surface area contributed by atoms with Crippen molar-refractivity contribution in [3.8, 4) is 11.3 Å². The quantitative estimate of drug-likeness (QED) is 0.612. The summed E-state index contributed by atoms with van der Waals surface area (Å²) in [5, 5.41) is 9.22. The summed E-state index contributed by atoms with van der Waals surface area (Å²) in [4.78, 5) is 2.33. The lowest BCUT2D eigenvalue weighted by Crippen LogP contribution is -2.49. The SMILES string of the molecule is Cc1ccccc1-c1ccc(N2CCN(S(=O)(=O)c3cccc(Cl)c3C)CC2)nn1. The molecule has 0 bridgehead atoms. The van der Waals surface area contributed by atoms with Crippen LogP contribution in [0.2, 0.25) is 5.02 Å². The lowest BCUT2D eigenvalue weighted by Gasteiger charge is -2.34. The number of halogens is 1. The number of nitrogens with zero attached hydrogens (tertiary/aromatic N) is 4. The van der Waals surface area contributed by atoms with E-state index < -0.39 is 10.0 Å². The summed E-state index contributed by atoms with van der Waals surface area (Å²) in [6.07, 6.45) is 0. The van der Waals surface area contributed by atoms with E-state index in [1.54, 1.807) is 25.1 Å². The number of aromatic nitrogens is 2. The molecule has 1 fully saturated rings. The summed E-state index contributed by atoms with van der Waals surface area (Å²) >= 11 is 6.12. The lowest BCUT2D eigenvalue weighted by atomic mass is 10.1. The summed E-state index contributed by atoms with van der Waals surface area (Å²) in [6.45, 7) is 5.66. The van der Waals surface area contributed by atoms with Crippen molar-refractivity contribution in [2.24, 2.45) is 0 Å². The maximum absolute atomic E-state index is 13.1. The molecular weight excluding hydrogens is 420 g/mol. The fraction of sp³-hybridized carbons (Fsp3) is 0.273. The predicted molar refractivity (Wildman–Crippen MR) is 119 cm³/mol. The summed E-state index contributed by atoms with van der Waals surface area (Å²) in [7, 11) is -3.58. The summed E-state index contributed by atoms with van der Waals surface area (Å²) in [5.41, 5.74) is 3.62. The minimum atomic E-state index is -3.58. The van der Waals surface area contributed by atoms with Crippen molar-refractivity contribution in [2.45, 2.75) is 18.7 Å². The molecule has 30 heavy (non-hydrogen) atoms. The van der Waals surface area contributed by atoms with Gasteiger partial charge in [0.1, 0.15) is 0 Å². The second kappa shape index (κ2) is 8.34. The van der Waals surface area contributed by atoms with Crippen LogP contribution < -0.4 is 4.90 Å². The van der Waals surface area contributed by atoms with Gasteiger partial charge >= 0.3 is 0 Å². The molecular formula is C22H23ClN4O2S. The number of rotatable bonds is 4. The molecule has 1 saturated heterocycles. The van der Waals surface area contributed by atoms with Gasteiger partial charge in [0.15, 0.2) is 5.82 Å². The fourth-order valence-corrected chi connectivity index (χ4v) is 5.56. The minimum Gasteiger partial charge on any atom is -0.352 e. The minimum absolute atomic E-state index is 0.269. The zero-order valence-electron chi connectivity index (χ0n) is 16.9. The molecule has 2 heterocycles. The van der Waals surface area contributed by atoms with Crippen LogP contribution in [-0.2, 0) is 10.0 Å². The van der Waals surface area contributed by atoms with E-state index in [2.05, 4.69) is 15.1 Å².